The molecular weight excluding hydrogens is 533 g/mol. The highest BCUT2D eigenvalue weighted by atomic mass is 35.5. The topological polar surface area (TPSA) is 147 Å². The molecule has 208 valence electrons. The molecule has 5 N–H and O–H groups in total. The first kappa shape index (κ1) is 34.8. The number of aliphatic imine (C=N–C) groups is 2. The number of pyridine rings is 1. The molecule has 0 spiro atoms. The fourth-order valence-electron chi connectivity index (χ4n) is 3.72. The molecule has 8 nitrogen and oxygen atoms in total. The number of nitrogens with one attached hydrogen (secondary N) is 3. The Kier molecular flexibility index (Phi) is 15.9. The van der Waals surface area contributed by atoms with Crippen LogP contribution < -0.4 is 11.1 Å². The third-order valence-corrected chi connectivity index (χ3v) is 5.61. The Balaban J connectivity index is 0.000000816. The zero-order chi connectivity index (χ0) is 29.5. The molecule has 0 aromatic carbocycles. The van der Waals surface area contributed by atoms with E-state index >= 15 is 0 Å². The van der Waals surface area contributed by atoms with Crippen LogP contribution in [-0.2, 0) is 0 Å². The normalized spacial score (nSPS) is 18.8. The zero-order valence-electron chi connectivity index (χ0n) is 22.2. The summed E-state index contributed by atoms with van der Waals surface area (Å²) in [5.41, 5.74) is 7.33. The molecule has 3 unspecified atom stereocenters. The van der Waals surface area contributed by atoms with Gasteiger partial charge in [-0.15, -0.1) is 0 Å². The first-order valence-electron chi connectivity index (χ1n) is 11.7. The van der Waals surface area contributed by atoms with E-state index in [2.05, 4.69) is 53.2 Å². The highest BCUT2D eigenvalue weighted by Gasteiger charge is 2.41. The predicted octanol–water partition coefficient (Wildman–Crippen LogP) is 6.21. The van der Waals surface area contributed by atoms with E-state index in [1.165, 1.54) is 19.3 Å². The van der Waals surface area contributed by atoms with Crippen LogP contribution in [0, 0.1) is 33.5 Å². The van der Waals surface area contributed by atoms with Crippen molar-refractivity contribution in [2.24, 2.45) is 21.1 Å². The van der Waals surface area contributed by atoms with Gasteiger partial charge in [0.15, 0.2) is 0 Å². The number of allylic oxidation sites excluding steroid dienone is 2. The molecule has 0 fully saturated rings. The Bertz CT molecular complexity index is 1080. The molecule has 2 heterocycles. The summed E-state index contributed by atoms with van der Waals surface area (Å²) in [5, 5.41) is 26.8. The molecule has 3 atom stereocenters. The van der Waals surface area contributed by atoms with Gasteiger partial charge in [0.2, 0.25) is 5.95 Å². The van der Waals surface area contributed by atoms with E-state index in [1.807, 2.05) is 19.2 Å². The van der Waals surface area contributed by atoms with E-state index in [1.54, 1.807) is 6.07 Å². The molecule has 12 heteroatoms. The summed E-state index contributed by atoms with van der Waals surface area (Å²) in [5.74, 6) is -0.744. The van der Waals surface area contributed by atoms with Crippen LogP contribution in [0.3, 0.4) is 0 Å². The summed E-state index contributed by atoms with van der Waals surface area (Å²) in [6, 6.07) is 3.49. The van der Waals surface area contributed by atoms with Gasteiger partial charge in [-0.05, 0) is 50.4 Å². The van der Waals surface area contributed by atoms with Crippen molar-refractivity contribution < 1.29 is 8.78 Å². The van der Waals surface area contributed by atoms with Crippen molar-refractivity contribution in [1.29, 1.82) is 16.1 Å². The van der Waals surface area contributed by atoms with Gasteiger partial charge in [0.05, 0.1) is 17.9 Å². The van der Waals surface area contributed by atoms with E-state index in [0.29, 0.717) is 12.8 Å². The number of halogens is 4. The van der Waals surface area contributed by atoms with E-state index in [9.17, 15) is 8.78 Å². The van der Waals surface area contributed by atoms with Crippen LogP contribution in [0.15, 0.2) is 46.3 Å². The van der Waals surface area contributed by atoms with Gasteiger partial charge in [-0.3, -0.25) is 25.2 Å². The number of alkyl halides is 1. The van der Waals surface area contributed by atoms with Crippen molar-refractivity contribution in [2.45, 2.75) is 65.1 Å². The molecule has 1 aliphatic heterocycles. The van der Waals surface area contributed by atoms with Gasteiger partial charge in [-0.1, -0.05) is 43.6 Å². The van der Waals surface area contributed by atoms with E-state index in [0.717, 1.165) is 23.3 Å². The minimum atomic E-state index is -0.746. The maximum Gasteiger partial charge on any atom is 0.230 e. The monoisotopic (exact) mass is 568 g/mol. The van der Waals surface area contributed by atoms with Gasteiger partial charge < -0.3 is 11.1 Å². The van der Waals surface area contributed by atoms with Crippen molar-refractivity contribution in [1.82, 2.24) is 10.3 Å². The van der Waals surface area contributed by atoms with Crippen LogP contribution in [-0.4, -0.2) is 47.1 Å². The molecule has 0 bridgehead atoms. The number of nitriles is 1. The van der Waals surface area contributed by atoms with Crippen molar-refractivity contribution in [2.75, 3.05) is 6.67 Å². The van der Waals surface area contributed by atoms with Gasteiger partial charge in [-0.25, -0.2) is 4.98 Å². The Morgan fingerprint density at radius 1 is 1.42 bits per heavy atom. The van der Waals surface area contributed by atoms with Gasteiger partial charge in [0.1, 0.15) is 23.0 Å². The molecule has 38 heavy (non-hydrogen) atoms. The number of aromatic nitrogens is 1. The average Bonchev–Trinajstić information content (AvgIpc) is 3.10. The summed E-state index contributed by atoms with van der Waals surface area (Å²) >= 11 is 10.9. The molecule has 0 amide bonds. The maximum atomic E-state index is 13.5. The Morgan fingerprint density at radius 3 is 2.45 bits per heavy atom. The summed E-state index contributed by atoms with van der Waals surface area (Å²) in [6.07, 6.45) is 5.96. The Labute approximate surface area is 233 Å². The van der Waals surface area contributed by atoms with Gasteiger partial charge >= 0.3 is 0 Å². The van der Waals surface area contributed by atoms with E-state index in [4.69, 9.17) is 39.3 Å². The molecule has 2 aliphatic rings. The lowest BCUT2D eigenvalue weighted by Crippen LogP contribution is -2.36. The average molecular weight is 570 g/mol. The van der Waals surface area contributed by atoms with Crippen LogP contribution in [0.2, 0.25) is 0 Å². The maximum absolute atomic E-state index is 13.5. The number of nitrogens with two attached hydrogens (primary N) is 1. The second kappa shape index (κ2) is 17.4. The zero-order valence-corrected chi connectivity index (χ0v) is 23.7. The number of hydrogen-bond donors (Lipinski definition) is 4. The van der Waals surface area contributed by atoms with E-state index < -0.39 is 5.95 Å². The highest BCUT2D eigenvalue weighted by Crippen LogP contribution is 2.49. The molecule has 0 radical (unpaired) electrons. The molecule has 0 saturated carbocycles. The molecule has 1 aromatic rings. The summed E-state index contributed by atoms with van der Waals surface area (Å²) in [7, 11) is 0. The summed E-state index contributed by atoms with van der Waals surface area (Å²) in [4.78, 5) is 11.8. The van der Waals surface area contributed by atoms with Crippen LogP contribution in [0.25, 0.3) is 0 Å². The molecule has 1 aromatic heterocycles. The number of nitrogens with zero attached hydrogens (tertiary/aromatic N) is 4. The lowest BCUT2D eigenvalue weighted by atomic mass is 9.85. The van der Waals surface area contributed by atoms with Crippen molar-refractivity contribution in [3.63, 3.8) is 0 Å². The molecule has 1 aliphatic carbocycles. The van der Waals surface area contributed by atoms with Crippen LogP contribution in [0.1, 0.15) is 64.0 Å². The fourth-order valence-corrected chi connectivity index (χ4v) is 4.09. The standard InChI is InChI=1S/C17H17ClFN5.C5H9ClN2.C2H5F.C2H5N/c1-17(2)5-11(10-3-9(6-20)16(19)23-7-10)12-8-22-14(4-13(18)21)24-15(12)17;1-4(8-2)3-5(6)7;2*1-2-3/h3,7-8,11,14,21,24H,4-5H2,1-2H3;4,7H,2-3H2,1H3;2H2,1H3;2H,1,3H2. The minimum Gasteiger partial charge on any atom is -0.405 e. The lowest BCUT2D eigenvalue weighted by Gasteiger charge is -2.29. The Morgan fingerprint density at radius 2 is 2.00 bits per heavy atom. The second-order valence-electron chi connectivity index (χ2n) is 8.88. The number of hydrogen-bond acceptors (Lipinski definition) is 8. The van der Waals surface area contributed by atoms with Crippen LogP contribution in [0.4, 0.5) is 8.78 Å². The van der Waals surface area contributed by atoms with Crippen molar-refractivity contribution in [3.8, 4) is 6.07 Å². The predicted molar refractivity (Wildman–Crippen MR) is 154 cm³/mol. The fraction of sp³-hybridized carbons (Fsp3) is 0.462. The van der Waals surface area contributed by atoms with E-state index in [-0.39, 0.29) is 46.1 Å². The smallest absolute Gasteiger partial charge is 0.230 e. The molecule has 3 rings (SSSR count). The van der Waals surface area contributed by atoms with Crippen LogP contribution >= 0.6 is 23.2 Å². The van der Waals surface area contributed by atoms with Crippen molar-refractivity contribution in [3.05, 3.63) is 53.4 Å². The molecule has 0 saturated heterocycles. The lowest BCUT2D eigenvalue weighted by molar-refractivity contribution is 0.386. The first-order chi connectivity index (χ1) is 17.8. The van der Waals surface area contributed by atoms with Crippen LogP contribution in [0.5, 0.6) is 0 Å². The third kappa shape index (κ3) is 11.5. The Hall–Kier alpha value is -3.16. The van der Waals surface area contributed by atoms with Gasteiger partial charge in [0, 0.05) is 42.3 Å². The SMILES string of the molecule is C=CN.C=NC(C)CC(=N)Cl.CC1(C)CC(c2cnc(F)c(C#N)c2)C2=C1NC(CC(=N)Cl)N=C2.CCF. The quantitative estimate of drug-likeness (QED) is 0.238. The first-order valence-corrected chi connectivity index (χ1v) is 12.5. The summed E-state index contributed by atoms with van der Waals surface area (Å²) in [6.45, 7) is 13.8. The highest BCUT2D eigenvalue weighted by molar-refractivity contribution is 6.64. The largest absolute Gasteiger partial charge is 0.405 e. The summed E-state index contributed by atoms with van der Waals surface area (Å²) < 4.78 is 23.8. The van der Waals surface area contributed by atoms with Gasteiger partial charge in [0.25, 0.3) is 0 Å². The molecular formula is C26H36Cl2F2N8. The van der Waals surface area contributed by atoms with Gasteiger partial charge in [-0.2, -0.15) is 9.65 Å². The third-order valence-electron chi connectivity index (χ3n) is 5.30. The van der Waals surface area contributed by atoms with Crippen molar-refractivity contribution >= 4 is 46.5 Å². The minimum absolute atomic E-state index is 0.00264. The number of rotatable bonds is 6. The second-order valence-corrected chi connectivity index (χ2v) is 9.79.